The number of nitrogens with zero attached hydrogens (tertiary/aromatic N) is 1. The summed E-state index contributed by atoms with van der Waals surface area (Å²) in [4.78, 5) is 4.40. The molecule has 0 radical (unpaired) electrons. The summed E-state index contributed by atoms with van der Waals surface area (Å²) in [6, 6.07) is 3.98. The van der Waals surface area contributed by atoms with Crippen molar-refractivity contribution in [1.29, 1.82) is 0 Å². The van der Waals surface area contributed by atoms with Gasteiger partial charge in [-0.15, -0.1) is 11.6 Å². The summed E-state index contributed by atoms with van der Waals surface area (Å²) in [7, 11) is 0. The highest BCUT2D eigenvalue weighted by Crippen LogP contribution is 2.16. The van der Waals surface area contributed by atoms with E-state index in [4.69, 9.17) is 11.6 Å². The summed E-state index contributed by atoms with van der Waals surface area (Å²) in [5, 5.41) is 3.53. The van der Waals surface area contributed by atoms with Crippen LogP contribution in [0.3, 0.4) is 0 Å². The molecule has 4 heteroatoms. The van der Waals surface area contributed by atoms with Gasteiger partial charge >= 0.3 is 0 Å². The molecule has 0 amide bonds. The van der Waals surface area contributed by atoms with Gasteiger partial charge in [-0.2, -0.15) is 0 Å². The molecule has 0 aliphatic rings. The molecule has 1 aromatic rings. The second kappa shape index (κ2) is 6.33. The molecule has 84 valence electrons. The van der Waals surface area contributed by atoms with Crippen molar-refractivity contribution in [1.82, 2.24) is 4.98 Å². The first-order valence-electron chi connectivity index (χ1n) is 5.10. The predicted molar refractivity (Wildman–Crippen MR) is 69.7 cm³/mol. The van der Waals surface area contributed by atoms with E-state index < -0.39 is 0 Å². The van der Waals surface area contributed by atoms with Gasteiger partial charge in [-0.05, 0) is 54.8 Å². The molecule has 0 saturated carbocycles. The van der Waals surface area contributed by atoms with Crippen LogP contribution in [0.4, 0.5) is 5.82 Å². The van der Waals surface area contributed by atoms with Crippen LogP contribution in [0.25, 0.3) is 0 Å². The molecule has 0 aromatic carbocycles. The largest absolute Gasteiger partial charge is 0.370 e. The van der Waals surface area contributed by atoms with Gasteiger partial charge < -0.3 is 5.32 Å². The molecule has 1 rings (SSSR count). The number of anilines is 1. The number of hydrogen-bond donors (Lipinski definition) is 1. The van der Waals surface area contributed by atoms with Crippen molar-refractivity contribution in [3.63, 3.8) is 0 Å². The molecule has 15 heavy (non-hydrogen) atoms. The van der Waals surface area contributed by atoms with E-state index in [0.717, 1.165) is 35.4 Å². The molecule has 0 aliphatic heterocycles. The van der Waals surface area contributed by atoms with Crippen LogP contribution in [0, 0.1) is 6.92 Å². The Kier molecular flexibility index (Phi) is 5.40. The monoisotopic (exact) mass is 290 g/mol. The fourth-order valence-electron chi connectivity index (χ4n) is 1.24. The van der Waals surface area contributed by atoms with E-state index in [9.17, 15) is 0 Å². The van der Waals surface area contributed by atoms with Gasteiger partial charge in [0.15, 0.2) is 0 Å². The van der Waals surface area contributed by atoms with Crippen LogP contribution in [0.15, 0.2) is 16.6 Å². The van der Waals surface area contributed by atoms with Crippen molar-refractivity contribution < 1.29 is 0 Å². The molecule has 1 heterocycles. The van der Waals surface area contributed by atoms with Crippen LogP contribution in [-0.2, 0) is 0 Å². The van der Waals surface area contributed by atoms with Crippen LogP contribution >= 0.6 is 27.5 Å². The average molecular weight is 292 g/mol. The normalized spacial score (nSPS) is 12.5. The lowest BCUT2D eigenvalue weighted by atomic mass is 10.2. The summed E-state index contributed by atoms with van der Waals surface area (Å²) >= 11 is 9.28. The lowest BCUT2D eigenvalue weighted by molar-refractivity contribution is 0.749. The molecule has 1 unspecified atom stereocenters. The van der Waals surface area contributed by atoms with Gasteiger partial charge in [-0.3, -0.25) is 0 Å². The number of halogens is 2. The number of aryl methyl sites for hydroxylation is 1. The maximum Gasteiger partial charge on any atom is 0.126 e. The van der Waals surface area contributed by atoms with E-state index in [1.807, 2.05) is 26.0 Å². The summed E-state index contributed by atoms with van der Waals surface area (Å²) in [5.41, 5.74) is 1.01. The Labute approximate surface area is 105 Å². The zero-order chi connectivity index (χ0) is 11.3. The minimum Gasteiger partial charge on any atom is -0.370 e. The molecule has 2 nitrogen and oxygen atoms in total. The van der Waals surface area contributed by atoms with Gasteiger partial charge in [0.25, 0.3) is 0 Å². The summed E-state index contributed by atoms with van der Waals surface area (Å²) in [6.07, 6.45) is 2.10. The lowest BCUT2D eigenvalue weighted by Gasteiger charge is -2.07. The molecule has 0 bridgehead atoms. The number of nitrogens with one attached hydrogen (secondary N) is 1. The zero-order valence-electron chi connectivity index (χ0n) is 9.06. The topological polar surface area (TPSA) is 24.9 Å². The quantitative estimate of drug-likeness (QED) is 0.656. The molecule has 0 fully saturated rings. The number of alkyl halides is 1. The summed E-state index contributed by atoms with van der Waals surface area (Å²) < 4.78 is 1.04. The molecule has 1 atom stereocenters. The van der Waals surface area contributed by atoms with E-state index in [0.29, 0.717) is 0 Å². The zero-order valence-corrected chi connectivity index (χ0v) is 11.4. The number of aromatic nitrogens is 1. The Morgan fingerprint density at radius 3 is 2.87 bits per heavy atom. The minimum absolute atomic E-state index is 0.256. The maximum atomic E-state index is 5.86. The van der Waals surface area contributed by atoms with E-state index >= 15 is 0 Å². The van der Waals surface area contributed by atoms with Crippen molar-refractivity contribution in [2.45, 2.75) is 32.1 Å². The van der Waals surface area contributed by atoms with Crippen LogP contribution in [0.2, 0.25) is 0 Å². The standard InChI is InChI=1S/C11H16BrClN2/c1-8(13)4-3-7-14-11-6-5-10(12)9(2)15-11/h5-6,8H,3-4,7H2,1-2H3,(H,14,15). The highest BCUT2D eigenvalue weighted by Gasteiger charge is 1.99. The van der Waals surface area contributed by atoms with E-state index in [1.54, 1.807) is 0 Å². The Balaban J connectivity index is 2.35. The van der Waals surface area contributed by atoms with Crippen molar-refractivity contribution >= 4 is 33.3 Å². The van der Waals surface area contributed by atoms with Crippen LogP contribution in [0.1, 0.15) is 25.5 Å². The van der Waals surface area contributed by atoms with Crippen molar-refractivity contribution in [2.24, 2.45) is 0 Å². The highest BCUT2D eigenvalue weighted by molar-refractivity contribution is 9.10. The smallest absolute Gasteiger partial charge is 0.126 e. The fourth-order valence-corrected chi connectivity index (χ4v) is 1.62. The van der Waals surface area contributed by atoms with Gasteiger partial charge in [0.1, 0.15) is 5.82 Å². The Bertz CT molecular complexity index is 315. The third kappa shape index (κ3) is 4.85. The molecular formula is C11H16BrClN2. The second-order valence-electron chi connectivity index (χ2n) is 3.61. The van der Waals surface area contributed by atoms with Crippen LogP contribution in [0.5, 0.6) is 0 Å². The van der Waals surface area contributed by atoms with E-state index in [2.05, 4.69) is 26.2 Å². The molecular weight excluding hydrogens is 275 g/mol. The lowest BCUT2D eigenvalue weighted by Crippen LogP contribution is -2.05. The van der Waals surface area contributed by atoms with Gasteiger partial charge in [-0.1, -0.05) is 0 Å². The first-order valence-corrected chi connectivity index (χ1v) is 6.33. The molecule has 0 spiro atoms. The SMILES string of the molecule is Cc1nc(NCCCC(C)Cl)ccc1Br. The molecule has 0 aliphatic carbocycles. The van der Waals surface area contributed by atoms with Crippen LogP contribution < -0.4 is 5.32 Å². The number of pyridine rings is 1. The summed E-state index contributed by atoms with van der Waals surface area (Å²) in [6.45, 7) is 4.92. The van der Waals surface area contributed by atoms with Gasteiger partial charge in [-0.25, -0.2) is 4.98 Å². The van der Waals surface area contributed by atoms with Gasteiger partial charge in [0.05, 0.1) is 5.69 Å². The molecule has 0 saturated heterocycles. The minimum atomic E-state index is 0.256. The van der Waals surface area contributed by atoms with E-state index in [1.165, 1.54) is 0 Å². The third-order valence-corrected chi connectivity index (χ3v) is 3.16. The first-order chi connectivity index (χ1) is 7.09. The third-order valence-electron chi connectivity index (χ3n) is 2.11. The van der Waals surface area contributed by atoms with Crippen molar-refractivity contribution in [3.8, 4) is 0 Å². The van der Waals surface area contributed by atoms with Crippen molar-refractivity contribution in [3.05, 3.63) is 22.3 Å². The predicted octanol–water partition coefficient (Wildman–Crippen LogP) is 3.97. The Morgan fingerprint density at radius 1 is 1.53 bits per heavy atom. The van der Waals surface area contributed by atoms with Gasteiger partial charge in [0.2, 0.25) is 0 Å². The van der Waals surface area contributed by atoms with E-state index in [-0.39, 0.29) is 5.38 Å². The Hall–Kier alpha value is -0.280. The number of rotatable bonds is 5. The average Bonchev–Trinajstić information content (AvgIpc) is 2.18. The van der Waals surface area contributed by atoms with Crippen molar-refractivity contribution in [2.75, 3.05) is 11.9 Å². The molecule has 1 aromatic heterocycles. The second-order valence-corrected chi connectivity index (χ2v) is 5.21. The Morgan fingerprint density at radius 2 is 2.27 bits per heavy atom. The van der Waals surface area contributed by atoms with Crippen LogP contribution in [-0.4, -0.2) is 16.9 Å². The van der Waals surface area contributed by atoms with Gasteiger partial charge in [0, 0.05) is 16.4 Å². The number of hydrogen-bond acceptors (Lipinski definition) is 2. The highest BCUT2D eigenvalue weighted by atomic mass is 79.9. The fraction of sp³-hybridized carbons (Fsp3) is 0.545. The maximum absolute atomic E-state index is 5.86. The first kappa shape index (κ1) is 12.8. The summed E-state index contributed by atoms with van der Waals surface area (Å²) in [5.74, 6) is 0.929. The molecule has 1 N–H and O–H groups in total.